The number of rotatable bonds is 8. The molecule has 2 aromatic carbocycles. The van der Waals surface area contributed by atoms with E-state index in [1.807, 2.05) is 0 Å². The summed E-state index contributed by atoms with van der Waals surface area (Å²) in [7, 11) is 0. The third kappa shape index (κ3) is 4.53. The molecule has 3 nitrogen and oxygen atoms in total. The van der Waals surface area contributed by atoms with Crippen LogP contribution in [0.1, 0.15) is 99.9 Å². The molecular weight excluding hydrogens is 392 g/mol. The van der Waals surface area contributed by atoms with E-state index >= 15 is 0 Å². The Labute approximate surface area is 193 Å². The van der Waals surface area contributed by atoms with Gasteiger partial charge in [-0.25, -0.2) is 0 Å². The molecule has 0 N–H and O–H groups in total. The number of amides is 1. The number of hydrogen-bond acceptors (Lipinski definition) is 2. The Morgan fingerprint density at radius 2 is 1.62 bits per heavy atom. The fourth-order valence-corrected chi connectivity index (χ4v) is 5.45. The van der Waals surface area contributed by atoms with Gasteiger partial charge >= 0.3 is 0 Å². The van der Waals surface area contributed by atoms with E-state index in [2.05, 4.69) is 74.2 Å². The van der Waals surface area contributed by atoms with Crippen LogP contribution in [0.4, 0.5) is 0 Å². The Morgan fingerprint density at radius 3 is 2.25 bits per heavy atom. The Balaban J connectivity index is 1.74. The van der Waals surface area contributed by atoms with E-state index in [1.165, 1.54) is 23.1 Å². The predicted octanol–water partition coefficient (Wildman–Crippen LogP) is 7.17. The zero-order valence-corrected chi connectivity index (χ0v) is 20.1. The van der Waals surface area contributed by atoms with Crippen molar-refractivity contribution in [2.24, 2.45) is 4.99 Å². The van der Waals surface area contributed by atoms with E-state index in [9.17, 15) is 4.79 Å². The summed E-state index contributed by atoms with van der Waals surface area (Å²) in [4.78, 5) is 21.4. The Morgan fingerprint density at radius 1 is 0.938 bits per heavy atom. The van der Waals surface area contributed by atoms with Crippen molar-refractivity contribution in [3.8, 4) is 0 Å². The fraction of sp³-hybridized carbons (Fsp3) is 0.517. The molecule has 3 heteroatoms. The maximum Gasteiger partial charge on any atom is 0.275 e. The van der Waals surface area contributed by atoms with Crippen LogP contribution < -0.4 is 0 Å². The number of carbonyl (C=O) groups excluding carboxylic acids is 1. The second-order valence-corrected chi connectivity index (χ2v) is 9.69. The molecule has 1 heterocycles. The minimum absolute atomic E-state index is 0.0860. The van der Waals surface area contributed by atoms with Crippen LogP contribution in [0.2, 0.25) is 0 Å². The average Bonchev–Trinajstić information content (AvgIpc) is 3.08. The quantitative estimate of drug-likeness (QED) is 0.437. The first kappa shape index (κ1) is 22.8. The van der Waals surface area contributed by atoms with Crippen molar-refractivity contribution in [1.29, 1.82) is 0 Å². The molecular formula is C29H38N2O. The molecule has 1 aliphatic carbocycles. The number of unbranched alkanes of at least 4 members (excludes halogenated alkanes) is 1. The molecule has 1 saturated carbocycles. The van der Waals surface area contributed by atoms with E-state index in [0.29, 0.717) is 5.71 Å². The third-order valence-electron chi connectivity index (χ3n) is 7.21. The van der Waals surface area contributed by atoms with Crippen molar-refractivity contribution in [2.75, 3.05) is 0 Å². The van der Waals surface area contributed by atoms with E-state index < -0.39 is 0 Å². The van der Waals surface area contributed by atoms with Crippen molar-refractivity contribution >= 4 is 11.6 Å². The second-order valence-electron chi connectivity index (χ2n) is 9.69. The Bertz CT molecular complexity index is 936. The van der Waals surface area contributed by atoms with E-state index in [4.69, 9.17) is 4.99 Å². The van der Waals surface area contributed by atoms with Gasteiger partial charge < -0.3 is 4.90 Å². The van der Waals surface area contributed by atoms with Crippen molar-refractivity contribution < 1.29 is 4.79 Å². The van der Waals surface area contributed by atoms with Gasteiger partial charge in [0.1, 0.15) is 11.4 Å². The summed E-state index contributed by atoms with van der Waals surface area (Å²) in [6.07, 6.45) is 11.0. The van der Waals surface area contributed by atoms with Gasteiger partial charge in [-0.1, -0.05) is 93.6 Å². The van der Waals surface area contributed by atoms with E-state index in [1.54, 1.807) is 0 Å². The molecule has 0 bridgehead atoms. The van der Waals surface area contributed by atoms with Crippen LogP contribution in [0.3, 0.4) is 0 Å². The van der Waals surface area contributed by atoms with Gasteiger partial charge in [0.2, 0.25) is 0 Å². The van der Waals surface area contributed by atoms with Gasteiger partial charge in [-0.05, 0) is 56.6 Å². The lowest BCUT2D eigenvalue weighted by Gasteiger charge is -2.44. The number of benzene rings is 2. The summed E-state index contributed by atoms with van der Waals surface area (Å²) in [6, 6.07) is 17.4. The lowest BCUT2D eigenvalue weighted by molar-refractivity contribution is -0.132. The molecule has 1 amide bonds. The van der Waals surface area contributed by atoms with Gasteiger partial charge in [0.05, 0.1) is 6.04 Å². The molecule has 0 radical (unpaired) electrons. The first-order chi connectivity index (χ1) is 15.6. The highest BCUT2D eigenvalue weighted by molar-refractivity contribution is 6.46. The van der Waals surface area contributed by atoms with Crippen LogP contribution in [0, 0.1) is 6.92 Å². The second kappa shape index (κ2) is 10.0. The summed E-state index contributed by atoms with van der Waals surface area (Å²) >= 11 is 0. The topological polar surface area (TPSA) is 32.7 Å². The molecule has 2 aliphatic rings. The number of aryl methyl sites for hydroxylation is 2. The standard InChI is InChI=1S/C29H38N2O/c1-4-6-11-26(24-18-14-23(10-5-2)15-19-24)31-28(32)27(25-16-12-22(3)13-17-25)30-29(31)20-8-7-9-21-29/h12-19,26H,4-11,20-21H2,1-3H3. The highest BCUT2D eigenvalue weighted by Crippen LogP contribution is 2.45. The van der Waals surface area contributed by atoms with E-state index in [0.717, 1.165) is 63.4 Å². The Hall–Kier alpha value is -2.42. The van der Waals surface area contributed by atoms with Crippen LogP contribution in [-0.4, -0.2) is 22.2 Å². The molecule has 0 aromatic heterocycles. The maximum absolute atomic E-state index is 14.0. The van der Waals surface area contributed by atoms with Crippen LogP contribution in [0.25, 0.3) is 0 Å². The summed E-state index contributed by atoms with van der Waals surface area (Å²) in [5.41, 5.74) is 5.09. The molecule has 170 valence electrons. The molecule has 1 spiro atoms. The van der Waals surface area contributed by atoms with Crippen molar-refractivity contribution in [2.45, 2.75) is 96.7 Å². The molecule has 1 atom stereocenters. The molecule has 1 unspecified atom stereocenters. The Kier molecular flexibility index (Phi) is 7.13. The van der Waals surface area contributed by atoms with E-state index in [-0.39, 0.29) is 17.6 Å². The zero-order valence-electron chi connectivity index (χ0n) is 20.1. The monoisotopic (exact) mass is 430 g/mol. The van der Waals surface area contributed by atoms with Gasteiger partial charge in [-0.3, -0.25) is 9.79 Å². The third-order valence-corrected chi connectivity index (χ3v) is 7.21. The lowest BCUT2D eigenvalue weighted by Crippen LogP contribution is -2.50. The minimum Gasteiger partial charge on any atom is -0.305 e. The molecule has 4 rings (SSSR count). The van der Waals surface area contributed by atoms with Gasteiger partial charge in [0.25, 0.3) is 5.91 Å². The summed E-state index contributed by atoms with van der Waals surface area (Å²) in [5.74, 6) is 0.120. The molecule has 32 heavy (non-hydrogen) atoms. The molecule has 0 saturated heterocycles. The lowest BCUT2D eigenvalue weighted by atomic mass is 9.86. The van der Waals surface area contributed by atoms with Gasteiger partial charge in [-0.15, -0.1) is 0 Å². The van der Waals surface area contributed by atoms with Crippen molar-refractivity contribution in [3.63, 3.8) is 0 Å². The van der Waals surface area contributed by atoms with Gasteiger partial charge in [-0.2, -0.15) is 0 Å². The van der Waals surface area contributed by atoms with Crippen LogP contribution in [-0.2, 0) is 11.2 Å². The van der Waals surface area contributed by atoms with Crippen molar-refractivity contribution in [3.05, 3.63) is 70.8 Å². The number of carbonyl (C=O) groups is 1. The molecule has 1 fully saturated rings. The zero-order chi connectivity index (χ0) is 22.6. The summed E-state index contributed by atoms with van der Waals surface area (Å²) in [5, 5.41) is 0. The first-order valence-corrected chi connectivity index (χ1v) is 12.7. The summed E-state index contributed by atoms with van der Waals surface area (Å²) < 4.78 is 0. The highest BCUT2D eigenvalue weighted by Gasteiger charge is 2.50. The number of nitrogens with zero attached hydrogens (tertiary/aromatic N) is 2. The number of aliphatic imine (C=N–C) groups is 1. The molecule has 1 aliphatic heterocycles. The van der Waals surface area contributed by atoms with Crippen LogP contribution in [0.15, 0.2) is 53.5 Å². The first-order valence-electron chi connectivity index (χ1n) is 12.7. The minimum atomic E-state index is -0.379. The highest BCUT2D eigenvalue weighted by atomic mass is 16.2. The number of hydrogen-bond donors (Lipinski definition) is 0. The largest absolute Gasteiger partial charge is 0.305 e. The van der Waals surface area contributed by atoms with Gasteiger partial charge in [0.15, 0.2) is 0 Å². The average molecular weight is 431 g/mol. The predicted molar refractivity (Wildman–Crippen MR) is 133 cm³/mol. The normalized spacial score (nSPS) is 18.8. The maximum atomic E-state index is 14.0. The van der Waals surface area contributed by atoms with Crippen LogP contribution in [0.5, 0.6) is 0 Å². The fourth-order valence-electron chi connectivity index (χ4n) is 5.45. The van der Waals surface area contributed by atoms with Crippen molar-refractivity contribution in [1.82, 2.24) is 4.90 Å². The molecule has 2 aromatic rings. The smallest absolute Gasteiger partial charge is 0.275 e. The van der Waals surface area contributed by atoms with Gasteiger partial charge in [0, 0.05) is 5.56 Å². The summed E-state index contributed by atoms with van der Waals surface area (Å²) in [6.45, 7) is 6.54. The SMILES string of the molecule is CCCCC(c1ccc(CCC)cc1)N1C(=O)C(c2ccc(C)cc2)=NC12CCCCC2. The van der Waals surface area contributed by atoms with Crippen LogP contribution >= 0.6 is 0 Å².